The first-order valence-corrected chi connectivity index (χ1v) is 9.50. The third-order valence-electron chi connectivity index (χ3n) is 5.02. The molecule has 0 amide bonds. The van der Waals surface area contributed by atoms with Gasteiger partial charge >= 0.3 is 0 Å². The van der Waals surface area contributed by atoms with Crippen LogP contribution >= 0.6 is 0 Å². The summed E-state index contributed by atoms with van der Waals surface area (Å²) in [5.41, 5.74) is 14.7. The topological polar surface area (TPSA) is 131 Å². The van der Waals surface area contributed by atoms with Crippen LogP contribution in [0.4, 0.5) is 0 Å². The Morgan fingerprint density at radius 1 is 0.710 bits per heavy atom. The minimum absolute atomic E-state index is 0.219. The van der Waals surface area contributed by atoms with E-state index in [9.17, 15) is 0 Å². The number of fused-ring (bicyclic) bond motifs is 1. The summed E-state index contributed by atoms with van der Waals surface area (Å²) in [6, 6.07) is 18.6. The molecule has 0 aliphatic carbocycles. The number of ether oxygens (including phenoxy) is 2. The van der Waals surface area contributed by atoms with Crippen molar-refractivity contribution in [1.29, 1.82) is 10.5 Å². The lowest BCUT2D eigenvalue weighted by atomic mass is 10.0. The second-order valence-electron chi connectivity index (χ2n) is 6.75. The van der Waals surface area contributed by atoms with Gasteiger partial charge in [-0.3, -0.25) is 0 Å². The van der Waals surface area contributed by atoms with E-state index in [-0.39, 0.29) is 13.1 Å². The molecule has 3 aromatic carbocycles. The molecule has 1 heterocycles. The highest BCUT2D eigenvalue weighted by Gasteiger charge is 2.18. The van der Waals surface area contributed by atoms with Crippen LogP contribution in [0.1, 0.15) is 11.1 Å². The predicted molar refractivity (Wildman–Crippen MR) is 115 cm³/mol. The van der Waals surface area contributed by atoms with Crippen LogP contribution in [-0.2, 0) is 13.1 Å². The molecule has 152 valence electrons. The number of rotatable bonds is 6. The van der Waals surface area contributed by atoms with E-state index in [0.29, 0.717) is 34.1 Å². The van der Waals surface area contributed by atoms with Crippen LogP contribution in [0.2, 0.25) is 0 Å². The van der Waals surface area contributed by atoms with Crippen molar-refractivity contribution in [2.45, 2.75) is 13.1 Å². The van der Waals surface area contributed by atoms with Crippen LogP contribution in [0.5, 0.6) is 11.5 Å². The van der Waals surface area contributed by atoms with Crippen LogP contribution in [0.15, 0.2) is 65.1 Å². The summed E-state index contributed by atoms with van der Waals surface area (Å²) in [6.45, 7) is 0.438. The van der Waals surface area contributed by atoms with E-state index in [1.165, 1.54) is 0 Å². The summed E-state index contributed by atoms with van der Waals surface area (Å²) >= 11 is 0. The summed E-state index contributed by atoms with van der Waals surface area (Å²) in [6.07, 6.45) is 3.36. The Morgan fingerprint density at radius 2 is 1.16 bits per heavy atom. The van der Waals surface area contributed by atoms with Crippen LogP contribution < -0.4 is 20.9 Å². The van der Waals surface area contributed by atoms with Crippen LogP contribution in [0.25, 0.3) is 33.4 Å². The van der Waals surface area contributed by atoms with Gasteiger partial charge in [0.25, 0.3) is 12.5 Å². The maximum Gasteiger partial charge on any atom is 0.292 e. The van der Waals surface area contributed by atoms with Gasteiger partial charge in [0.15, 0.2) is 0 Å². The normalized spacial score (nSPS) is 10.5. The molecule has 31 heavy (non-hydrogen) atoms. The van der Waals surface area contributed by atoms with E-state index in [2.05, 4.69) is 0 Å². The fourth-order valence-electron chi connectivity index (χ4n) is 3.58. The molecule has 4 N–H and O–H groups in total. The van der Waals surface area contributed by atoms with Gasteiger partial charge in [-0.2, -0.15) is 0 Å². The summed E-state index contributed by atoms with van der Waals surface area (Å²) in [5.74, 6) is 2.20. The van der Waals surface area contributed by atoms with E-state index in [4.69, 9.17) is 35.9 Å². The van der Waals surface area contributed by atoms with E-state index >= 15 is 0 Å². The molecule has 7 nitrogen and oxygen atoms in total. The Hall–Kier alpha value is -4.30. The zero-order chi connectivity index (χ0) is 21.8. The first-order chi connectivity index (χ1) is 15.2. The second kappa shape index (κ2) is 8.60. The molecule has 0 atom stereocenters. The van der Waals surface area contributed by atoms with Gasteiger partial charge in [0.1, 0.15) is 23.0 Å². The minimum Gasteiger partial charge on any atom is -0.455 e. The molecule has 0 aliphatic heterocycles. The molecular weight excluding hydrogens is 392 g/mol. The SMILES string of the molecule is N#COc1ccc(-c2oc(-c3ccc(OC#N)c(CN)c3)c3ccccc23)cc1CN. The van der Waals surface area contributed by atoms with E-state index in [1.807, 2.05) is 48.5 Å². The summed E-state index contributed by atoms with van der Waals surface area (Å²) < 4.78 is 16.3. The molecule has 0 saturated heterocycles. The standard InChI is InChI=1S/C24H18N4O3/c25-11-17-9-15(5-7-21(17)29-13-27)23-19-3-1-2-4-20(19)24(31-23)16-6-8-22(30-14-28)18(10-16)12-26/h1-10H,11-12,25-26H2. The fourth-order valence-corrected chi connectivity index (χ4v) is 3.58. The van der Waals surface area contributed by atoms with Gasteiger partial charge in [-0.25, -0.2) is 0 Å². The predicted octanol–water partition coefficient (Wildman–Crippen LogP) is 4.40. The number of hydrogen-bond acceptors (Lipinski definition) is 7. The van der Waals surface area contributed by atoms with Crippen LogP contribution in [0.3, 0.4) is 0 Å². The molecular formula is C24H18N4O3. The summed E-state index contributed by atoms with van der Waals surface area (Å²) in [7, 11) is 0. The molecule has 0 spiro atoms. The van der Waals surface area contributed by atoms with Crippen molar-refractivity contribution in [3.05, 3.63) is 71.8 Å². The number of hydrogen-bond donors (Lipinski definition) is 2. The third-order valence-corrected chi connectivity index (χ3v) is 5.02. The Labute approximate surface area is 178 Å². The van der Waals surface area contributed by atoms with Crippen molar-refractivity contribution in [2.75, 3.05) is 0 Å². The smallest absolute Gasteiger partial charge is 0.292 e. The quantitative estimate of drug-likeness (QED) is 0.450. The number of nitrogens with zero attached hydrogens (tertiary/aromatic N) is 2. The van der Waals surface area contributed by atoms with Gasteiger partial charge in [0.05, 0.1) is 0 Å². The average Bonchev–Trinajstić information content (AvgIpc) is 3.20. The third kappa shape index (κ3) is 3.67. The zero-order valence-electron chi connectivity index (χ0n) is 16.5. The Bertz CT molecular complexity index is 1240. The van der Waals surface area contributed by atoms with Crippen LogP contribution in [-0.4, -0.2) is 0 Å². The Morgan fingerprint density at radius 3 is 1.55 bits per heavy atom. The molecule has 4 aromatic rings. The Balaban J connectivity index is 1.88. The van der Waals surface area contributed by atoms with E-state index in [1.54, 1.807) is 24.6 Å². The van der Waals surface area contributed by atoms with Crippen molar-refractivity contribution < 1.29 is 13.9 Å². The van der Waals surface area contributed by atoms with Gasteiger partial charge in [0.2, 0.25) is 0 Å². The van der Waals surface area contributed by atoms with Crippen molar-refractivity contribution in [3.63, 3.8) is 0 Å². The lowest BCUT2D eigenvalue weighted by molar-refractivity contribution is 0.500. The van der Waals surface area contributed by atoms with Crippen molar-refractivity contribution in [1.82, 2.24) is 0 Å². The molecule has 4 rings (SSSR count). The molecule has 0 fully saturated rings. The first-order valence-electron chi connectivity index (χ1n) is 9.50. The van der Waals surface area contributed by atoms with Crippen molar-refractivity contribution in [3.8, 4) is 46.7 Å². The first kappa shape index (κ1) is 20.0. The minimum atomic E-state index is 0.219. The van der Waals surface area contributed by atoms with Gasteiger partial charge in [-0.05, 0) is 36.4 Å². The highest BCUT2D eigenvalue weighted by atomic mass is 16.5. The van der Waals surface area contributed by atoms with Crippen molar-refractivity contribution >= 4 is 10.8 Å². The fraction of sp³-hybridized carbons (Fsp3) is 0.0833. The maximum atomic E-state index is 8.83. The van der Waals surface area contributed by atoms with E-state index < -0.39 is 0 Å². The van der Waals surface area contributed by atoms with Gasteiger partial charge in [-0.1, -0.05) is 24.3 Å². The molecule has 1 aromatic heterocycles. The number of nitrogens with two attached hydrogens (primary N) is 2. The Kier molecular flexibility index (Phi) is 5.55. The largest absolute Gasteiger partial charge is 0.455 e. The summed E-state index contributed by atoms with van der Waals surface area (Å²) in [4.78, 5) is 0. The number of benzene rings is 3. The van der Waals surface area contributed by atoms with Gasteiger partial charge in [-0.15, -0.1) is 10.5 Å². The maximum absolute atomic E-state index is 8.83. The molecule has 0 aliphatic rings. The summed E-state index contributed by atoms with van der Waals surface area (Å²) in [5, 5.41) is 19.5. The highest BCUT2D eigenvalue weighted by Crippen LogP contribution is 2.41. The molecule has 7 heteroatoms. The van der Waals surface area contributed by atoms with Gasteiger partial charge < -0.3 is 25.4 Å². The van der Waals surface area contributed by atoms with Crippen LogP contribution in [0, 0.1) is 23.0 Å². The monoisotopic (exact) mass is 410 g/mol. The lowest BCUT2D eigenvalue weighted by Crippen LogP contribution is -2.00. The molecule has 0 unspecified atom stereocenters. The zero-order valence-corrected chi connectivity index (χ0v) is 16.5. The number of nitriles is 2. The van der Waals surface area contributed by atoms with Gasteiger partial charge in [0, 0.05) is 46.1 Å². The van der Waals surface area contributed by atoms with Crippen molar-refractivity contribution in [2.24, 2.45) is 11.5 Å². The molecule has 0 saturated carbocycles. The van der Waals surface area contributed by atoms with E-state index in [0.717, 1.165) is 21.9 Å². The molecule has 0 radical (unpaired) electrons. The second-order valence-corrected chi connectivity index (χ2v) is 6.75. The number of furan rings is 1. The lowest BCUT2D eigenvalue weighted by Gasteiger charge is -2.07. The highest BCUT2D eigenvalue weighted by molar-refractivity contribution is 6.02. The average molecular weight is 410 g/mol. The molecule has 0 bridgehead atoms.